The summed E-state index contributed by atoms with van der Waals surface area (Å²) in [5.74, 6) is -0.795. The van der Waals surface area contributed by atoms with Crippen LogP contribution in [0.3, 0.4) is 0 Å². The van der Waals surface area contributed by atoms with E-state index in [1.54, 1.807) is 26.8 Å². The minimum atomic E-state index is -4.47. The van der Waals surface area contributed by atoms with E-state index in [1.165, 1.54) is 24.3 Å². The molecule has 8 nitrogen and oxygen atoms in total. The molecular formula is C18H19ClN2O6S. The van der Waals surface area contributed by atoms with Crippen LogP contribution in [0.5, 0.6) is 0 Å². The number of rotatable bonds is 7. The van der Waals surface area contributed by atoms with E-state index >= 15 is 0 Å². The Balaban J connectivity index is 2.66. The average molecular weight is 427 g/mol. The molecule has 10 heteroatoms. The fourth-order valence-corrected chi connectivity index (χ4v) is 4.32. The molecule has 0 aliphatic rings. The highest BCUT2D eigenvalue weighted by Gasteiger charge is 2.34. The van der Waals surface area contributed by atoms with Crippen LogP contribution >= 0.6 is 11.6 Å². The normalized spacial score (nSPS) is 11.3. The number of nitrogens with zero attached hydrogens (tertiary/aromatic N) is 2. The Bertz CT molecular complexity index is 1010. The lowest BCUT2D eigenvalue weighted by atomic mass is 10.2. The monoisotopic (exact) mass is 426 g/mol. The van der Waals surface area contributed by atoms with Crippen LogP contribution in [-0.4, -0.2) is 32.0 Å². The van der Waals surface area contributed by atoms with E-state index < -0.39 is 44.1 Å². The average Bonchev–Trinajstić information content (AvgIpc) is 2.61. The number of benzene rings is 2. The van der Waals surface area contributed by atoms with Crippen molar-refractivity contribution in [2.24, 2.45) is 0 Å². The first-order chi connectivity index (χ1) is 13.1. The highest BCUT2D eigenvalue weighted by molar-refractivity contribution is 7.93. The molecule has 2 rings (SSSR count). The van der Waals surface area contributed by atoms with E-state index in [0.717, 1.165) is 16.4 Å². The van der Waals surface area contributed by atoms with Crippen molar-refractivity contribution in [3.05, 3.63) is 63.2 Å². The Morgan fingerprint density at radius 3 is 2.46 bits per heavy atom. The van der Waals surface area contributed by atoms with Crippen molar-refractivity contribution in [3.63, 3.8) is 0 Å². The molecule has 0 heterocycles. The number of esters is 1. The van der Waals surface area contributed by atoms with Gasteiger partial charge in [-0.05, 0) is 44.5 Å². The molecule has 0 saturated heterocycles. The van der Waals surface area contributed by atoms with Gasteiger partial charge in [0.1, 0.15) is 6.54 Å². The molecule has 2 aromatic rings. The first-order valence-corrected chi connectivity index (χ1v) is 10.1. The number of halogens is 1. The number of hydrogen-bond acceptors (Lipinski definition) is 6. The molecule has 28 heavy (non-hydrogen) atoms. The topological polar surface area (TPSA) is 107 Å². The Hall–Kier alpha value is -2.65. The highest BCUT2D eigenvalue weighted by atomic mass is 35.5. The smallest absolute Gasteiger partial charge is 0.327 e. The third-order valence-corrected chi connectivity index (χ3v) is 5.99. The van der Waals surface area contributed by atoms with Crippen molar-refractivity contribution >= 4 is 39.0 Å². The van der Waals surface area contributed by atoms with E-state index in [4.69, 9.17) is 16.3 Å². The Morgan fingerprint density at radius 1 is 1.21 bits per heavy atom. The number of nitro groups is 1. The molecule has 0 amide bonds. The van der Waals surface area contributed by atoms with Gasteiger partial charge in [0.05, 0.1) is 16.7 Å². The maximum Gasteiger partial charge on any atom is 0.327 e. The van der Waals surface area contributed by atoms with Gasteiger partial charge in [-0.25, -0.2) is 8.42 Å². The van der Waals surface area contributed by atoms with E-state index in [2.05, 4.69) is 0 Å². The second-order valence-corrected chi connectivity index (χ2v) is 8.40. The van der Waals surface area contributed by atoms with Crippen molar-refractivity contribution in [2.45, 2.75) is 31.8 Å². The number of ether oxygens (including phenoxy) is 1. The van der Waals surface area contributed by atoms with Crippen molar-refractivity contribution < 1.29 is 22.9 Å². The molecule has 0 aliphatic carbocycles. The number of nitro benzene ring substituents is 1. The van der Waals surface area contributed by atoms with Crippen molar-refractivity contribution in [1.82, 2.24) is 0 Å². The molecule has 0 unspecified atom stereocenters. The van der Waals surface area contributed by atoms with Gasteiger partial charge in [-0.15, -0.1) is 0 Å². The number of anilines is 1. The molecule has 0 fully saturated rings. The van der Waals surface area contributed by atoms with Gasteiger partial charge in [-0.1, -0.05) is 29.8 Å². The number of sulfonamides is 1. The molecule has 0 bridgehead atoms. The van der Waals surface area contributed by atoms with Crippen LogP contribution in [0.25, 0.3) is 0 Å². The molecule has 0 N–H and O–H groups in total. The van der Waals surface area contributed by atoms with Crippen molar-refractivity contribution in [3.8, 4) is 0 Å². The predicted molar refractivity (Wildman–Crippen MR) is 105 cm³/mol. The summed E-state index contributed by atoms with van der Waals surface area (Å²) in [6.07, 6.45) is -0.455. The number of carbonyl (C=O) groups is 1. The minimum absolute atomic E-state index is 0.131. The Kier molecular flexibility index (Phi) is 6.63. The summed E-state index contributed by atoms with van der Waals surface area (Å²) < 4.78 is 32.5. The Labute approximate surface area is 167 Å². The maximum absolute atomic E-state index is 13.3. The lowest BCUT2D eigenvalue weighted by Gasteiger charge is -2.25. The molecular weight excluding hydrogens is 408 g/mol. The zero-order valence-electron chi connectivity index (χ0n) is 15.5. The standard InChI is InChI=1S/C18H19ClN2O6S/c1-12(2)27-18(22)11-20(15-9-6-7-14(19)13(15)3)28(25,26)17-10-5-4-8-16(17)21(23)24/h4-10,12H,11H2,1-3H3. The molecule has 0 aliphatic heterocycles. The highest BCUT2D eigenvalue weighted by Crippen LogP contribution is 2.33. The molecule has 2 aromatic carbocycles. The van der Waals surface area contributed by atoms with Crippen LogP contribution in [0.2, 0.25) is 5.02 Å². The van der Waals surface area contributed by atoms with Gasteiger partial charge in [-0.2, -0.15) is 0 Å². The van der Waals surface area contributed by atoms with Gasteiger partial charge in [0.2, 0.25) is 0 Å². The molecule has 0 aromatic heterocycles. The minimum Gasteiger partial charge on any atom is -0.462 e. The summed E-state index contributed by atoms with van der Waals surface area (Å²) in [4.78, 5) is 22.2. The zero-order valence-corrected chi connectivity index (χ0v) is 17.0. The first kappa shape index (κ1) is 21.6. The van der Waals surface area contributed by atoms with E-state index in [1.807, 2.05) is 0 Å². The summed E-state index contributed by atoms with van der Waals surface area (Å²) in [6.45, 7) is 4.19. The third kappa shape index (κ3) is 4.60. The lowest BCUT2D eigenvalue weighted by Crippen LogP contribution is -2.38. The van der Waals surface area contributed by atoms with E-state index in [0.29, 0.717) is 5.56 Å². The number of hydrogen-bond donors (Lipinski definition) is 0. The van der Waals surface area contributed by atoms with Crippen LogP contribution < -0.4 is 4.31 Å². The van der Waals surface area contributed by atoms with Crippen LogP contribution in [-0.2, 0) is 19.6 Å². The van der Waals surface area contributed by atoms with Gasteiger partial charge in [-0.3, -0.25) is 19.2 Å². The van der Waals surface area contributed by atoms with Crippen molar-refractivity contribution in [2.75, 3.05) is 10.8 Å². The van der Waals surface area contributed by atoms with Crippen LogP contribution in [0, 0.1) is 17.0 Å². The molecule has 0 saturated carbocycles. The van der Waals surface area contributed by atoms with Crippen LogP contribution in [0.1, 0.15) is 19.4 Å². The summed E-state index contributed by atoms with van der Waals surface area (Å²) in [6, 6.07) is 9.50. The summed E-state index contributed by atoms with van der Waals surface area (Å²) in [5, 5.41) is 11.6. The maximum atomic E-state index is 13.3. The van der Waals surface area contributed by atoms with Gasteiger partial charge in [0.15, 0.2) is 4.90 Å². The fourth-order valence-electron chi connectivity index (χ4n) is 2.53. The quantitative estimate of drug-likeness (QED) is 0.379. The van der Waals surface area contributed by atoms with Gasteiger partial charge < -0.3 is 4.74 Å². The summed E-state index contributed by atoms with van der Waals surface area (Å²) in [7, 11) is -4.47. The van der Waals surface area contributed by atoms with Crippen LogP contribution in [0.4, 0.5) is 11.4 Å². The van der Waals surface area contributed by atoms with Gasteiger partial charge in [0.25, 0.3) is 15.7 Å². The largest absolute Gasteiger partial charge is 0.462 e. The molecule has 0 atom stereocenters. The second kappa shape index (κ2) is 8.57. The molecule has 0 spiro atoms. The zero-order chi connectivity index (χ0) is 21.1. The van der Waals surface area contributed by atoms with E-state index in [-0.39, 0.29) is 10.7 Å². The van der Waals surface area contributed by atoms with Crippen LogP contribution in [0.15, 0.2) is 47.4 Å². The van der Waals surface area contributed by atoms with Gasteiger partial charge >= 0.3 is 5.97 Å². The first-order valence-electron chi connectivity index (χ1n) is 8.26. The second-order valence-electron chi connectivity index (χ2n) is 6.16. The third-order valence-electron chi connectivity index (χ3n) is 3.78. The Morgan fingerprint density at radius 2 is 1.86 bits per heavy atom. The molecule has 0 radical (unpaired) electrons. The van der Waals surface area contributed by atoms with E-state index in [9.17, 15) is 23.3 Å². The SMILES string of the molecule is Cc1c(Cl)cccc1N(CC(=O)OC(C)C)S(=O)(=O)c1ccccc1[N+](=O)[O-]. The number of para-hydroxylation sites is 1. The van der Waals surface area contributed by atoms with Gasteiger partial charge in [0, 0.05) is 11.1 Å². The van der Waals surface area contributed by atoms with Crippen molar-refractivity contribution in [1.29, 1.82) is 0 Å². The summed E-state index contributed by atoms with van der Waals surface area (Å²) in [5.41, 5.74) is -0.0561. The predicted octanol–water partition coefficient (Wildman–Crippen LogP) is 3.70. The molecule has 150 valence electrons. The number of carbonyl (C=O) groups excluding carboxylic acids is 1. The fraction of sp³-hybridized carbons (Fsp3) is 0.278. The lowest BCUT2D eigenvalue weighted by molar-refractivity contribution is -0.387. The summed E-state index contributed by atoms with van der Waals surface area (Å²) >= 11 is 6.11.